The topological polar surface area (TPSA) is 0 Å². The number of fused-ring (bicyclic) bond motifs is 10. The molecular weight excluding hydrogens is 645 g/mol. The fraction of sp³-hybridized carbons (Fsp3) is 0.0588. The molecule has 0 saturated carbocycles. The highest BCUT2D eigenvalue weighted by Gasteiger charge is 2.37. The van der Waals surface area contributed by atoms with E-state index in [-0.39, 0.29) is 5.41 Å². The van der Waals surface area contributed by atoms with Gasteiger partial charge >= 0.3 is 0 Å². The molecule has 52 heavy (non-hydrogen) atoms. The quantitative estimate of drug-likeness (QED) is 0.163. The molecule has 10 aromatic rings. The van der Waals surface area contributed by atoms with Crippen LogP contribution in [0.3, 0.4) is 0 Å². The SMILES string of the molecule is CC1(C)c2cc(-c3ccc(-c4c5ccccc5c(-c5ccc6sc7ccccc7c6c5)c5ccccc45)cc3)ccc2-c2ccc3ccccc3c21. The van der Waals surface area contributed by atoms with E-state index in [0.717, 1.165) is 0 Å². The molecule has 1 aliphatic carbocycles. The first kappa shape index (κ1) is 29.7. The van der Waals surface area contributed by atoms with Crippen LogP contribution >= 0.6 is 11.3 Å². The largest absolute Gasteiger partial charge is 0.135 e. The summed E-state index contributed by atoms with van der Waals surface area (Å²) in [5.74, 6) is 0. The summed E-state index contributed by atoms with van der Waals surface area (Å²) in [6.45, 7) is 4.77. The first-order chi connectivity index (χ1) is 25.5. The van der Waals surface area contributed by atoms with Gasteiger partial charge in [-0.3, -0.25) is 0 Å². The van der Waals surface area contributed by atoms with Gasteiger partial charge in [0.2, 0.25) is 0 Å². The van der Waals surface area contributed by atoms with Crippen LogP contribution in [0.4, 0.5) is 0 Å². The molecule has 0 unspecified atom stereocenters. The van der Waals surface area contributed by atoms with Crippen molar-refractivity contribution in [3.8, 4) is 44.5 Å². The predicted octanol–water partition coefficient (Wildman–Crippen LogP) is 14.8. The van der Waals surface area contributed by atoms with Gasteiger partial charge in [-0.25, -0.2) is 0 Å². The van der Waals surface area contributed by atoms with Crippen LogP contribution in [0.25, 0.3) is 97.0 Å². The normalized spacial score (nSPS) is 13.3. The molecule has 9 aromatic carbocycles. The monoisotopic (exact) mass is 678 g/mol. The van der Waals surface area contributed by atoms with E-state index in [1.54, 1.807) is 0 Å². The minimum atomic E-state index is -0.0812. The van der Waals surface area contributed by atoms with Crippen LogP contribution in [-0.4, -0.2) is 0 Å². The van der Waals surface area contributed by atoms with Crippen molar-refractivity contribution in [1.82, 2.24) is 0 Å². The Morgan fingerprint density at radius 2 is 0.885 bits per heavy atom. The van der Waals surface area contributed by atoms with Gasteiger partial charge in [0.1, 0.15) is 0 Å². The molecule has 1 aromatic heterocycles. The van der Waals surface area contributed by atoms with E-state index in [1.165, 1.54) is 108 Å². The molecule has 0 amide bonds. The highest BCUT2D eigenvalue weighted by molar-refractivity contribution is 7.25. The van der Waals surface area contributed by atoms with Crippen LogP contribution in [0, 0.1) is 0 Å². The molecule has 0 aliphatic heterocycles. The highest BCUT2D eigenvalue weighted by atomic mass is 32.1. The van der Waals surface area contributed by atoms with Crippen molar-refractivity contribution >= 4 is 63.8 Å². The molecule has 0 fully saturated rings. The molecule has 0 spiro atoms. The van der Waals surface area contributed by atoms with Crippen LogP contribution in [0.5, 0.6) is 0 Å². The van der Waals surface area contributed by atoms with Crippen LogP contribution < -0.4 is 0 Å². The molecule has 0 atom stereocenters. The summed E-state index contributed by atoms with van der Waals surface area (Å²) in [4.78, 5) is 0. The Balaban J connectivity index is 1.04. The third-order valence-electron chi connectivity index (χ3n) is 11.6. The molecule has 1 aliphatic rings. The van der Waals surface area contributed by atoms with Gasteiger partial charge in [0.25, 0.3) is 0 Å². The predicted molar refractivity (Wildman–Crippen MR) is 226 cm³/mol. The average molecular weight is 679 g/mol. The summed E-state index contributed by atoms with van der Waals surface area (Å²) >= 11 is 1.87. The van der Waals surface area contributed by atoms with E-state index in [1.807, 2.05) is 11.3 Å². The van der Waals surface area contributed by atoms with Gasteiger partial charge in [0, 0.05) is 25.6 Å². The lowest BCUT2D eigenvalue weighted by Crippen LogP contribution is -2.15. The van der Waals surface area contributed by atoms with Crippen LogP contribution in [0.1, 0.15) is 25.0 Å². The van der Waals surface area contributed by atoms with Gasteiger partial charge in [-0.15, -0.1) is 11.3 Å². The molecule has 0 bridgehead atoms. The number of rotatable bonds is 3. The van der Waals surface area contributed by atoms with Crippen LogP contribution in [0.2, 0.25) is 0 Å². The molecule has 0 nitrogen and oxygen atoms in total. The number of hydrogen-bond donors (Lipinski definition) is 0. The third kappa shape index (κ3) is 4.21. The third-order valence-corrected chi connectivity index (χ3v) is 12.8. The summed E-state index contributed by atoms with van der Waals surface area (Å²) in [6, 6.07) is 63.5. The summed E-state index contributed by atoms with van der Waals surface area (Å²) in [7, 11) is 0. The van der Waals surface area contributed by atoms with Gasteiger partial charge < -0.3 is 0 Å². The van der Waals surface area contributed by atoms with Crippen LogP contribution in [0.15, 0.2) is 170 Å². The van der Waals surface area contributed by atoms with Gasteiger partial charge in [0.15, 0.2) is 0 Å². The first-order valence-corrected chi connectivity index (χ1v) is 19.0. The summed E-state index contributed by atoms with van der Waals surface area (Å²) in [5, 5.41) is 10.5. The van der Waals surface area contributed by atoms with Crippen molar-refractivity contribution in [3.05, 3.63) is 181 Å². The molecule has 1 heterocycles. The zero-order chi connectivity index (χ0) is 34.6. The average Bonchev–Trinajstić information content (AvgIpc) is 3.68. The van der Waals surface area contributed by atoms with Gasteiger partial charge in [-0.1, -0.05) is 159 Å². The summed E-state index contributed by atoms with van der Waals surface area (Å²) < 4.78 is 2.67. The van der Waals surface area contributed by atoms with Crippen molar-refractivity contribution in [2.75, 3.05) is 0 Å². The Labute approximate surface area is 307 Å². The maximum Gasteiger partial charge on any atom is 0.0355 e. The molecule has 0 radical (unpaired) electrons. The van der Waals surface area contributed by atoms with Gasteiger partial charge in [-0.2, -0.15) is 0 Å². The molecule has 244 valence electrons. The lowest BCUT2D eigenvalue weighted by molar-refractivity contribution is 0.666. The first-order valence-electron chi connectivity index (χ1n) is 18.2. The Kier molecular flexibility index (Phi) is 6.27. The van der Waals surface area contributed by atoms with Crippen LogP contribution in [-0.2, 0) is 5.41 Å². The fourth-order valence-electron chi connectivity index (χ4n) is 9.24. The number of hydrogen-bond acceptors (Lipinski definition) is 1. The van der Waals surface area contributed by atoms with E-state index < -0.39 is 0 Å². The summed E-state index contributed by atoms with van der Waals surface area (Å²) in [6.07, 6.45) is 0. The van der Waals surface area contributed by atoms with E-state index in [4.69, 9.17) is 0 Å². The smallest absolute Gasteiger partial charge is 0.0355 e. The van der Waals surface area contributed by atoms with Crippen molar-refractivity contribution in [2.24, 2.45) is 0 Å². The zero-order valence-corrected chi connectivity index (χ0v) is 29.9. The second-order valence-electron chi connectivity index (χ2n) is 14.8. The van der Waals surface area contributed by atoms with Crippen molar-refractivity contribution in [1.29, 1.82) is 0 Å². The second-order valence-corrected chi connectivity index (χ2v) is 15.9. The molecule has 1 heteroatoms. The highest BCUT2D eigenvalue weighted by Crippen LogP contribution is 2.52. The van der Waals surface area contributed by atoms with Crippen molar-refractivity contribution in [2.45, 2.75) is 19.3 Å². The maximum atomic E-state index is 2.44. The van der Waals surface area contributed by atoms with E-state index in [2.05, 4.69) is 184 Å². The standard InChI is InChI=1S/C51H34S/c1-51(2)45-30-34(24-26-37(45)43-27-23-32-11-3-4-12-36(32)50(43)51)31-19-21-33(22-20-31)48-39-14-5-7-16-41(39)49(42-17-8-6-15-40(42)48)35-25-28-47-44(29-35)38-13-9-10-18-46(38)52-47/h3-30H,1-2H3. The zero-order valence-electron chi connectivity index (χ0n) is 29.1. The van der Waals surface area contributed by atoms with E-state index >= 15 is 0 Å². The Morgan fingerprint density at radius 3 is 1.60 bits per heavy atom. The molecule has 11 rings (SSSR count). The number of benzene rings is 9. The van der Waals surface area contributed by atoms with E-state index in [9.17, 15) is 0 Å². The number of thiophene rings is 1. The summed E-state index contributed by atoms with van der Waals surface area (Å²) in [5.41, 5.74) is 13.1. The van der Waals surface area contributed by atoms with Crippen molar-refractivity contribution in [3.63, 3.8) is 0 Å². The lowest BCUT2D eigenvalue weighted by atomic mass is 9.79. The van der Waals surface area contributed by atoms with Crippen molar-refractivity contribution < 1.29 is 0 Å². The lowest BCUT2D eigenvalue weighted by Gasteiger charge is -2.23. The second kappa shape index (κ2) is 11.0. The maximum absolute atomic E-state index is 2.44. The Morgan fingerprint density at radius 1 is 0.365 bits per heavy atom. The Hall–Kier alpha value is -6.02. The van der Waals surface area contributed by atoms with E-state index in [0.29, 0.717) is 0 Å². The molecular formula is C51H34S. The fourth-order valence-corrected chi connectivity index (χ4v) is 10.3. The Bertz CT molecular complexity index is 3030. The minimum absolute atomic E-state index is 0.0812. The van der Waals surface area contributed by atoms with Gasteiger partial charge in [0.05, 0.1) is 0 Å². The minimum Gasteiger partial charge on any atom is -0.135 e. The van der Waals surface area contributed by atoms with Gasteiger partial charge in [-0.05, 0) is 112 Å². The molecule has 0 saturated heterocycles. The molecule has 0 N–H and O–H groups in total.